The van der Waals surface area contributed by atoms with Crippen molar-refractivity contribution in [3.05, 3.63) is 0 Å². The molecule has 3 N–H and O–H groups in total. The lowest BCUT2D eigenvalue weighted by atomic mass is 9.87. The molecule has 4 heteroatoms. The van der Waals surface area contributed by atoms with Crippen LogP contribution in [0.25, 0.3) is 0 Å². The summed E-state index contributed by atoms with van der Waals surface area (Å²) in [4.78, 5) is 14.0. The number of carbonyl (C=O) groups excluding carboxylic acids is 1. The smallest absolute Gasteiger partial charge is 0.237 e. The molecule has 1 saturated heterocycles. The number of rotatable bonds is 3. The zero-order valence-corrected chi connectivity index (χ0v) is 11.1. The number of carbonyl (C=O) groups is 1. The van der Waals surface area contributed by atoms with Crippen molar-refractivity contribution in [1.82, 2.24) is 10.2 Å². The Labute approximate surface area is 98.6 Å². The van der Waals surface area contributed by atoms with Gasteiger partial charge in [-0.1, -0.05) is 6.92 Å². The highest BCUT2D eigenvalue weighted by molar-refractivity contribution is 5.82. The predicted octanol–water partition coefficient (Wildman–Crippen LogP) is 0.713. The highest BCUT2D eigenvalue weighted by atomic mass is 16.2. The monoisotopic (exact) mass is 227 g/mol. The number of likely N-dealkylation sites (tertiary alicyclic amines) is 1. The SMILES string of the molecule is CCC1(N)CN(C(C)C(=O)NC(C)(C)C)C1. The van der Waals surface area contributed by atoms with Gasteiger partial charge in [0.15, 0.2) is 0 Å². The molecule has 0 saturated carbocycles. The molecule has 0 aromatic heterocycles. The van der Waals surface area contributed by atoms with E-state index in [0.717, 1.165) is 19.5 Å². The van der Waals surface area contributed by atoms with Gasteiger partial charge in [-0.05, 0) is 34.1 Å². The standard InChI is InChI=1S/C12H25N3O/c1-6-12(13)7-15(8-12)9(2)10(16)14-11(3,4)5/h9H,6-8,13H2,1-5H3,(H,14,16). The van der Waals surface area contributed by atoms with Crippen LogP contribution in [0.3, 0.4) is 0 Å². The van der Waals surface area contributed by atoms with E-state index in [-0.39, 0.29) is 23.0 Å². The Kier molecular flexibility index (Phi) is 3.65. The van der Waals surface area contributed by atoms with Crippen LogP contribution in [0.15, 0.2) is 0 Å². The van der Waals surface area contributed by atoms with Crippen LogP contribution in [0.5, 0.6) is 0 Å². The zero-order chi connectivity index (χ0) is 12.6. The summed E-state index contributed by atoms with van der Waals surface area (Å²) in [6.45, 7) is 11.7. The molecule has 0 radical (unpaired) electrons. The van der Waals surface area contributed by atoms with Gasteiger partial charge in [0.1, 0.15) is 0 Å². The summed E-state index contributed by atoms with van der Waals surface area (Å²) in [6, 6.07) is -0.0811. The third-order valence-electron chi connectivity index (χ3n) is 3.17. The minimum absolute atomic E-state index is 0.0731. The minimum Gasteiger partial charge on any atom is -0.350 e. The number of hydrogen-bond acceptors (Lipinski definition) is 3. The molecule has 94 valence electrons. The Balaban J connectivity index is 2.43. The van der Waals surface area contributed by atoms with Gasteiger partial charge in [-0.3, -0.25) is 9.69 Å². The highest BCUT2D eigenvalue weighted by Gasteiger charge is 2.41. The summed E-state index contributed by atoms with van der Waals surface area (Å²) in [5.41, 5.74) is 5.85. The first kappa shape index (κ1) is 13.5. The van der Waals surface area contributed by atoms with Crippen LogP contribution in [-0.4, -0.2) is 41.0 Å². The summed E-state index contributed by atoms with van der Waals surface area (Å²) in [6.07, 6.45) is 0.969. The summed E-state index contributed by atoms with van der Waals surface area (Å²) in [5.74, 6) is 0.0886. The fraction of sp³-hybridized carbons (Fsp3) is 0.917. The van der Waals surface area contributed by atoms with Gasteiger partial charge in [0.05, 0.1) is 6.04 Å². The quantitative estimate of drug-likeness (QED) is 0.746. The molecule has 1 heterocycles. The van der Waals surface area contributed by atoms with E-state index in [1.165, 1.54) is 0 Å². The fourth-order valence-electron chi connectivity index (χ4n) is 1.90. The van der Waals surface area contributed by atoms with Crippen molar-refractivity contribution >= 4 is 5.91 Å². The maximum Gasteiger partial charge on any atom is 0.237 e. The fourth-order valence-corrected chi connectivity index (χ4v) is 1.90. The number of nitrogens with zero attached hydrogens (tertiary/aromatic N) is 1. The molecule has 0 aromatic carbocycles. The molecule has 0 aromatic rings. The van der Waals surface area contributed by atoms with Crippen LogP contribution in [0.4, 0.5) is 0 Å². The van der Waals surface area contributed by atoms with Crippen molar-refractivity contribution in [2.45, 2.75) is 58.2 Å². The summed E-state index contributed by atoms with van der Waals surface area (Å²) < 4.78 is 0. The lowest BCUT2D eigenvalue weighted by Gasteiger charge is -2.50. The molecule has 4 nitrogen and oxygen atoms in total. The molecule has 1 fully saturated rings. The Bertz CT molecular complexity index is 264. The van der Waals surface area contributed by atoms with E-state index in [9.17, 15) is 4.79 Å². The molecular formula is C12H25N3O. The number of amides is 1. The topological polar surface area (TPSA) is 58.4 Å². The summed E-state index contributed by atoms with van der Waals surface area (Å²) in [7, 11) is 0. The number of nitrogens with one attached hydrogen (secondary N) is 1. The van der Waals surface area contributed by atoms with Crippen molar-refractivity contribution in [2.75, 3.05) is 13.1 Å². The second-order valence-electron chi connectivity index (χ2n) is 6.04. The van der Waals surface area contributed by atoms with E-state index in [0.29, 0.717) is 0 Å². The van der Waals surface area contributed by atoms with Gasteiger partial charge in [-0.2, -0.15) is 0 Å². The van der Waals surface area contributed by atoms with Crippen molar-refractivity contribution in [3.63, 3.8) is 0 Å². The van der Waals surface area contributed by atoms with Gasteiger partial charge in [0, 0.05) is 24.2 Å². The van der Waals surface area contributed by atoms with Crippen molar-refractivity contribution in [3.8, 4) is 0 Å². The van der Waals surface area contributed by atoms with E-state index in [1.54, 1.807) is 0 Å². The van der Waals surface area contributed by atoms with Crippen molar-refractivity contribution < 1.29 is 4.79 Å². The first-order valence-corrected chi connectivity index (χ1v) is 6.02. The third kappa shape index (κ3) is 3.19. The van der Waals surface area contributed by atoms with Gasteiger partial charge in [0.2, 0.25) is 5.91 Å². The van der Waals surface area contributed by atoms with Crippen LogP contribution >= 0.6 is 0 Å². The van der Waals surface area contributed by atoms with Gasteiger partial charge in [-0.25, -0.2) is 0 Å². The number of hydrogen-bond donors (Lipinski definition) is 2. The van der Waals surface area contributed by atoms with Gasteiger partial charge >= 0.3 is 0 Å². The molecule has 1 aliphatic rings. The molecular weight excluding hydrogens is 202 g/mol. The van der Waals surface area contributed by atoms with E-state index in [4.69, 9.17) is 5.73 Å². The molecule has 1 atom stereocenters. The van der Waals surface area contributed by atoms with E-state index in [2.05, 4.69) is 17.1 Å². The molecule has 1 amide bonds. The largest absolute Gasteiger partial charge is 0.350 e. The second-order valence-corrected chi connectivity index (χ2v) is 6.04. The molecule has 0 aliphatic carbocycles. The lowest BCUT2D eigenvalue weighted by Crippen LogP contribution is -2.70. The zero-order valence-electron chi connectivity index (χ0n) is 11.1. The Hall–Kier alpha value is -0.610. The highest BCUT2D eigenvalue weighted by Crippen LogP contribution is 2.23. The van der Waals surface area contributed by atoms with Crippen LogP contribution in [0.2, 0.25) is 0 Å². The maximum atomic E-state index is 11.9. The maximum absolute atomic E-state index is 11.9. The minimum atomic E-state index is -0.166. The lowest BCUT2D eigenvalue weighted by molar-refractivity contribution is -0.130. The van der Waals surface area contributed by atoms with E-state index < -0.39 is 0 Å². The van der Waals surface area contributed by atoms with Crippen LogP contribution in [0, 0.1) is 0 Å². The Morgan fingerprint density at radius 1 is 1.50 bits per heavy atom. The predicted molar refractivity (Wildman–Crippen MR) is 66.1 cm³/mol. The van der Waals surface area contributed by atoms with Crippen LogP contribution < -0.4 is 11.1 Å². The van der Waals surface area contributed by atoms with Crippen molar-refractivity contribution in [2.24, 2.45) is 5.73 Å². The van der Waals surface area contributed by atoms with Gasteiger partial charge < -0.3 is 11.1 Å². The second kappa shape index (κ2) is 4.34. The van der Waals surface area contributed by atoms with E-state index >= 15 is 0 Å². The Morgan fingerprint density at radius 3 is 2.38 bits per heavy atom. The summed E-state index contributed by atoms with van der Waals surface area (Å²) in [5, 5.41) is 2.99. The molecule has 0 bridgehead atoms. The normalized spacial score (nSPS) is 22.4. The Morgan fingerprint density at radius 2 is 2.00 bits per heavy atom. The first-order chi connectivity index (χ1) is 7.17. The average Bonchev–Trinajstić information content (AvgIpc) is 2.09. The average molecular weight is 227 g/mol. The number of nitrogens with two attached hydrogens (primary N) is 1. The molecule has 16 heavy (non-hydrogen) atoms. The third-order valence-corrected chi connectivity index (χ3v) is 3.17. The van der Waals surface area contributed by atoms with Gasteiger partial charge in [0.25, 0.3) is 0 Å². The van der Waals surface area contributed by atoms with Crippen LogP contribution in [-0.2, 0) is 4.79 Å². The first-order valence-electron chi connectivity index (χ1n) is 6.02. The molecule has 0 spiro atoms. The summed E-state index contributed by atoms with van der Waals surface area (Å²) >= 11 is 0. The van der Waals surface area contributed by atoms with Gasteiger partial charge in [-0.15, -0.1) is 0 Å². The molecule has 1 rings (SSSR count). The van der Waals surface area contributed by atoms with Crippen LogP contribution in [0.1, 0.15) is 41.0 Å². The molecule has 1 aliphatic heterocycles. The van der Waals surface area contributed by atoms with E-state index in [1.807, 2.05) is 27.7 Å². The van der Waals surface area contributed by atoms with Crippen molar-refractivity contribution in [1.29, 1.82) is 0 Å². The molecule has 1 unspecified atom stereocenters.